The molecule has 0 spiro atoms. The van der Waals surface area contributed by atoms with Gasteiger partial charge in [0, 0.05) is 13.1 Å². The van der Waals surface area contributed by atoms with E-state index in [1.165, 1.54) is 30.3 Å². The highest BCUT2D eigenvalue weighted by Gasteiger charge is 2.47. The summed E-state index contributed by atoms with van der Waals surface area (Å²) >= 11 is 0. The van der Waals surface area contributed by atoms with Crippen LogP contribution in [-0.2, 0) is 9.53 Å². The predicted octanol–water partition coefficient (Wildman–Crippen LogP) is -1.39. The fourth-order valence-electron chi connectivity index (χ4n) is 4.28. The van der Waals surface area contributed by atoms with Crippen LogP contribution in [0.3, 0.4) is 0 Å². The van der Waals surface area contributed by atoms with Crippen LogP contribution < -0.4 is 11.1 Å². The van der Waals surface area contributed by atoms with Gasteiger partial charge in [-0.05, 0) is 31.2 Å². The van der Waals surface area contributed by atoms with Crippen LogP contribution in [0.4, 0.5) is 5.82 Å². The summed E-state index contributed by atoms with van der Waals surface area (Å²) in [5.41, 5.74) is 6.96. The fourth-order valence-corrected chi connectivity index (χ4v) is 4.28. The zero-order chi connectivity index (χ0) is 26.1. The largest absolute Gasteiger partial charge is 0.387 e. The molecule has 0 bridgehead atoms. The highest BCUT2D eigenvalue weighted by Crippen LogP contribution is 2.32. The summed E-state index contributed by atoms with van der Waals surface area (Å²) < 4.78 is 6.99. The second-order valence-electron chi connectivity index (χ2n) is 8.75. The van der Waals surface area contributed by atoms with E-state index in [1.54, 1.807) is 11.0 Å². The number of amides is 2. The Morgan fingerprint density at radius 1 is 1.27 bits per heavy atom. The Bertz CT molecular complexity index is 1380. The highest BCUT2D eigenvalue weighted by atomic mass is 16.6. The number of anilines is 1. The van der Waals surface area contributed by atoms with Crippen LogP contribution in [0.1, 0.15) is 41.7 Å². The van der Waals surface area contributed by atoms with Gasteiger partial charge in [-0.3, -0.25) is 14.2 Å². The summed E-state index contributed by atoms with van der Waals surface area (Å²) in [6.45, 7) is 0.150. The standard InChI is InChI=1S/C23H25N9O5/c1-25-21(35)18-16(33)17(34)23(37-18)32-11-26-15-19(24)29-14(30-20(15)32)6-3-9-31(13-4-2-5-13)22(36)12-7-8-27-28-10-12/h7-8,10-11,13,16-18,23,33-34H,2,4-5,9H2,1H3,(H,25,35)(H2,24,29,30)/t16-,17+,18?,23?/m0/s1. The third kappa shape index (κ3) is 4.55. The summed E-state index contributed by atoms with van der Waals surface area (Å²) in [5, 5.41) is 30.7. The van der Waals surface area contributed by atoms with Crippen molar-refractivity contribution in [3.05, 3.63) is 36.2 Å². The number of aliphatic hydroxyl groups is 2. The first kappa shape index (κ1) is 24.5. The van der Waals surface area contributed by atoms with Gasteiger partial charge in [-0.1, -0.05) is 5.92 Å². The number of imidazole rings is 1. The summed E-state index contributed by atoms with van der Waals surface area (Å²) in [7, 11) is 1.40. The Labute approximate surface area is 210 Å². The summed E-state index contributed by atoms with van der Waals surface area (Å²) in [5.74, 6) is 5.18. The average Bonchev–Trinajstić information content (AvgIpc) is 3.43. The molecule has 37 heavy (non-hydrogen) atoms. The molecule has 5 rings (SSSR count). The Hall–Kier alpha value is -4.19. The fraction of sp³-hybridized carbons (Fsp3) is 0.435. The zero-order valence-corrected chi connectivity index (χ0v) is 19.9. The number of nitrogen functional groups attached to an aromatic ring is 1. The first-order valence-electron chi connectivity index (χ1n) is 11.7. The van der Waals surface area contributed by atoms with Gasteiger partial charge >= 0.3 is 0 Å². The van der Waals surface area contributed by atoms with Crippen molar-refractivity contribution in [3.8, 4) is 11.8 Å². The molecule has 2 fully saturated rings. The third-order valence-corrected chi connectivity index (χ3v) is 6.52. The minimum Gasteiger partial charge on any atom is -0.387 e. The molecule has 0 aromatic carbocycles. The van der Waals surface area contributed by atoms with E-state index < -0.39 is 30.4 Å². The van der Waals surface area contributed by atoms with Gasteiger partial charge in [0.05, 0.1) is 30.8 Å². The van der Waals surface area contributed by atoms with Gasteiger partial charge in [0.1, 0.15) is 17.7 Å². The second-order valence-corrected chi connectivity index (χ2v) is 8.75. The number of rotatable bonds is 5. The first-order chi connectivity index (χ1) is 17.9. The number of nitrogens with zero attached hydrogens (tertiary/aromatic N) is 7. The van der Waals surface area contributed by atoms with Gasteiger partial charge in [0.2, 0.25) is 5.82 Å². The lowest BCUT2D eigenvalue weighted by atomic mass is 9.91. The molecule has 14 nitrogen and oxygen atoms in total. The maximum atomic E-state index is 13.0. The lowest BCUT2D eigenvalue weighted by molar-refractivity contribution is -0.137. The SMILES string of the molecule is CNC(=O)C1OC(n2cnc3c(N)nc(C#CCN(C(=O)c4ccnnc4)C4CCC4)nc32)[C@H](O)[C@@H]1O. The number of nitrogens with one attached hydrogen (secondary N) is 1. The Morgan fingerprint density at radius 3 is 2.76 bits per heavy atom. The normalized spacial score (nSPS) is 23.2. The molecule has 4 atom stereocenters. The molecule has 1 aliphatic carbocycles. The molecule has 3 aromatic heterocycles. The number of likely N-dealkylation sites (N-methyl/N-ethyl adjacent to an activating group) is 1. The molecule has 14 heteroatoms. The Kier molecular flexibility index (Phi) is 6.66. The number of aliphatic hydroxyl groups excluding tert-OH is 2. The van der Waals surface area contributed by atoms with E-state index in [0.717, 1.165) is 19.3 Å². The Morgan fingerprint density at radius 2 is 2.08 bits per heavy atom. The minimum atomic E-state index is -1.45. The molecule has 3 aromatic rings. The molecule has 2 amide bonds. The van der Waals surface area contributed by atoms with Crippen LogP contribution in [0, 0.1) is 11.8 Å². The molecule has 1 saturated carbocycles. The minimum absolute atomic E-state index is 0.0544. The van der Waals surface area contributed by atoms with Gasteiger partial charge in [-0.2, -0.15) is 10.2 Å². The molecule has 0 radical (unpaired) electrons. The van der Waals surface area contributed by atoms with Crippen LogP contribution in [0.15, 0.2) is 24.8 Å². The van der Waals surface area contributed by atoms with E-state index in [0.29, 0.717) is 5.56 Å². The van der Waals surface area contributed by atoms with E-state index in [1.807, 2.05) is 0 Å². The number of hydrogen-bond acceptors (Lipinski definition) is 11. The zero-order valence-electron chi connectivity index (χ0n) is 19.9. The molecule has 2 aliphatic rings. The van der Waals surface area contributed by atoms with Gasteiger partial charge in [0.15, 0.2) is 23.8 Å². The molecule has 1 saturated heterocycles. The monoisotopic (exact) mass is 507 g/mol. The van der Waals surface area contributed by atoms with Crippen LogP contribution in [0.25, 0.3) is 11.2 Å². The van der Waals surface area contributed by atoms with Crippen molar-refractivity contribution in [2.24, 2.45) is 0 Å². The number of carbonyl (C=O) groups is 2. The first-order valence-corrected chi connectivity index (χ1v) is 11.7. The smallest absolute Gasteiger partial charge is 0.256 e. The predicted molar refractivity (Wildman–Crippen MR) is 127 cm³/mol. The summed E-state index contributed by atoms with van der Waals surface area (Å²) in [4.78, 5) is 39.5. The van der Waals surface area contributed by atoms with Crippen LogP contribution in [0.2, 0.25) is 0 Å². The van der Waals surface area contributed by atoms with Crippen molar-refractivity contribution in [3.63, 3.8) is 0 Å². The second kappa shape index (κ2) is 10.1. The van der Waals surface area contributed by atoms with Gasteiger partial charge in [-0.25, -0.2) is 15.0 Å². The number of fused-ring (bicyclic) bond motifs is 1. The van der Waals surface area contributed by atoms with Crippen LogP contribution in [-0.4, -0.2) is 94.6 Å². The lowest BCUT2D eigenvalue weighted by Gasteiger charge is -2.36. The summed E-state index contributed by atoms with van der Waals surface area (Å²) in [6.07, 6.45) is 1.77. The van der Waals surface area contributed by atoms with E-state index in [4.69, 9.17) is 10.5 Å². The van der Waals surface area contributed by atoms with Crippen molar-refractivity contribution in [2.75, 3.05) is 19.3 Å². The number of ether oxygens (including phenoxy) is 1. The molecule has 1 aliphatic heterocycles. The van der Waals surface area contributed by atoms with E-state index in [9.17, 15) is 19.8 Å². The summed E-state index contributed by atoms with van der Waals surface area (Å²) in [6, 6.07) is 1.70. The van der Waals surface area contributed by atoms with E-state index >= 15 is 0 Å². The quantitative estimate of drug-likeness (QED) is 0.297. The van der Waals surface area contributed by atoms with Crippen LogP contribution >= 0.6 is 0 Å². The van der Waals surface area contributed by atoms with Crippen molar-refractivity contribution in [1.82, 2.24) is 39.9 Å². The third-order valence-electron chi connectivity index (χ3n) is 6.52. The van der Waals surface area contributed by atoms with Crippen LogP contribution in [0.5, 0.6) is 0 Å². The maximum Gasteiger partial charge on any atom is 0.256 e. The van der Waals surface area contributed by atoms with Gasteiger partial charge < -0.3 is 30.9 Å². The average molecular weight is 508 g/mol. The number of aromatic nitrogens is 6. The molecular weight excluding hydrogens is 482 g/mol. The highest BCUT2D eigenvalue weighted by molar-refractivity contribution is 5.94. The van der Waals surface area contributed by atoms with Crippen molar-refractivity contribution >= 4 is 28.8 Å². The number of carbonyl (C=O) groups excluding carboxylic acids is 2. The molecule has 5 N–H and O–H groups in total. The molecule has 2 unspecified atom stereocenters. The van der Waals surface area contributed by atoms with E-state index in [-0.39, 0.29) is 41.3 Å². The maximum absolute atomic E-state index is 13.0. The van der Waals surface area contributed by atoms with Crippen molar-refractivity contribution < 1.29 is 24.5 Å². The van der Waals surface area contributed by atoms with Crippen molar-refractivity contribution in [2.45, 2.75) is 49.8 Å². The number of nitrogens with two attached hydrogens (primary N) is 1. The topological polar surface area (TPSA) is 194 Å². The number of hydrogen-bond donors (Lipinski definition) is 4. The lowest BCUT2D eigenvalue weighted by Crippen LogP contribution is -2.44. The van der Waals surface area contributed by atoms with Gasteiger partial charge in [-0.15, -0.1) is 0 Å². The Balaban J connectivity index is 1.40. The van der Waals surface area contributed by atoms with Gasteiger partial charge in [0.25, 0.3) is 11.8 Å². The molecule has 192 valence electrons. The molecular formula is C23H25N9O5. The molecule has 4 heterocycles. The van der Waals surface area contributed by atoms with E-state index in [2.05, 4.69) is 42.3 Å². The van der Waals surface area contributed by atoms with Crippen molar-refractivity contribution in [1.29, 1.82) is 0 Å².